The van der Waals surface area contributed by atoms with Gasteiger partial charge in [-0.15, -0.1) is 11.6 Å². The number of halogens is 1. The molecule has 0 radical (unpaired) electrons. The first kappa shape index (κ1) is 12.0. The number of hydrogen-bond acceptors (Lipinski definition) is 3. The first-order valence-corrected chi connectivity index (χ1v) is 4.93. The molecule has 0 aliphatic rings. The third kappa shape index (κ3) is 3.23. The molecule has 0 fully saturated rings. The summed E-state index contributed by atoms with van der Waals surface area (Å²) in [6, 6.07) is 5.05. The Bertz CT molecular complexity index is 382. The van der Waals surface area contributed by atoms with Crippen molar-refractivity contribution in [1.29, 1.82) is 0 Å². The van der Waals surface area contributed by atoms with Crippen molar-refractivity contribution >= 4 is 35.7 Å². The molecule has 1 aromatic rings. The van der Waals surface area contributed by atoms with E-state index in [1.807, 2.05) is 0 Å². The topological polar surface area (TPSA) is 78.8 Å². The first-order chi connectivity index (χ1) is 7.04. The summed E-state index contributed by atoms with van der Waals surface area (Å²) in [4.78, 5) is 4.00. The predicted molar refractivity (Wildman–Crippen MR) is 63.0 cm³/mol. The van der Waals surface area contributed by atoms with Crippen LogP contribution in [0.1, 0.15) is 5.56 Å². The highest BCUT2D eigenvalue weighted by atomic mass is 35.5. The van der Waals surface area contributed by atoms with Gasteiger partial charge in [0.05, 0.1) is 11.6 Å². The predicted octanol–water partition coefficient (Wildman–Crippen LogP) is -0.0977. The Kier molecular flexibility index (Phi) is 4.14. The minimum absolute atomic E-state index is 0.144. The van der Waals surface area contributed by atoms with Crippen LogP contribution in [0, 0.1) is 6.92 Å². The fourth-order valence-electron chi connectivity index (χ4n) is 1.17. The number of rotatable bonds is 3. The second-order valence-electron chi connectivity index (χ2n) is 3.15. The molecule has 4 nitrogen and oxygen atoms in total. The molecule has 0 saturated heterocycles. The molecule has 80 valence electrons. The van der Waals surface area contributed by atoms with Crippen LogP contribution >= 0.6 is 11.6 Å². The smallest absolute Gasteiger partial charge is 0.423 e. The van der Waals surface area contributed by atoms with Crippen molar-refractivity contribution < 1.29 is 10.0 Å². The van der Waals surface area contributed by atoms with Gasteiger partial charge in [-0.05, 0) is 24.5 Å². The number of nitrogens with two attached hydrogens (primary N) is 1. The van der Waals surface area contributed by atoms with Gasteiger partial charge in [-0.2, -0.15) is 0 Å². The van der Waals surface area contributed by atoms with Crippen LogP contribution in [0.15, 0.2) is 23.2 Å². The van der Waals surface area contributed by atoms with E-state index in [2.05, 4.69) is 4.99 Å². The number of amidine groups is 1. The lowest BCUT2D eigenvalue weighted by Crippen LogP contribution is -2.31. The van der Waals surface area contributed by atoms with Crippen LogP contribution in [0.5, 0.6) is 0 Å². The highest BCUT2D eigenvalue weighted by Gasteiger charge is 2.14. The van der Waals surface area contributed by atoms with Crippen molar-refractivity contribution in [2.75, 3.05) is 5.88 Å². The van der Waals surface area contributed by atoms with E-state index in [1.54, 1.807) is 25.1 Å². The van der Waals surface area contributed by atoms with Crippen LogP contribution < -0.4 is 11.2 Å². The van der Waals surface area contributed by atoms with E-state index < -0.39 is 7.12 Å². The SMILES string of the molecule is Cc1ccc(N=C(N)CCl)cc1B(O)O. The standard InChI is InChI=1S/C9H12BClN2O2/c1-6-2-3-7(13-9(12)5-11)4-8(6)10(14)15/h2-4,14-15H,5H2,1H3,(H2,12,13). The molecule has 0 unspecified atom stereocenters. The summed E-state index contributed by atoms with van der Waals surface area (Å²) in [5, 5.41) is 18.1. The molecule has 0 heterocycles. The zero-order valence-corrected chi connectivity index (χ0v) is 9.07. The molecule has 6 heteroatoms. The van der Waals surface area contributed by atoms with Gasteiger partial charge in [0, 0.05) is 0 Å². The van der Waals surface area contributed by atoms with Crippen LogP contribution in [0.4, 0.5) is 5.69 Å². The minimum Gasteiger partial charge on any atom is -0.423 e. The van der Waals surface area contributed by atoms with Gasteiger partial charge in [0.1, 0.15) is 5.84 Å². The first-order valence-electron chi connectivity index (χ1n) is 4.40. The zero-order chi connectivity index (χ0) is 11.4. The van der Waals surface area contributed by atoms with Gasteiger partial charge in [-0.25, -0.2) is 4.99 Å². The summed E-state index contributed by atoms with van der Waals surface area (Å²) in [5.74, 6) is 0.434. The molecule has 0 amide bonds. The van der Waals surface area contributed by atoms with Gasteiger partial charge < -0.3 is 15.8 Å². The summed E-state index contributed by atoms with van der Waals surface area (Å²) in [7, 11) is -1.50. The number of aliphatic imine (C=N–C) groups is 1. The lowest BCUT2D eigenvalue weighted by atomic mass is 9.77. The highest BCUT2D eigenvalue weighted by Crippen LogP contribution is 2.11. The summed E-state index contributed by atoms with van der Waals surface area (Å²) in [6.07, 6.45) is 0. The van der Waals surface area contributed by atoms with Gasteiger partial charge in [0.2, 0.25) is 0 Å². The molecule has 0 bridgehead atoms. The number of nitrogens with zero attached hydrogens (tertiary/aromatic N) is 1. The molecule has 0 saturated carbocycles. The Balaban J connectivity index is 3.08. The van der Waals surface area contributed by atoms with E-state index in [9.17, 15) is 0 Å². The molecule has 1 aromatic carbocycles. The maximum atomic E-state index is 9.07. The molecule has 0 spiro atoms. The van der Waals surface area contributed by atoms with Crippen LogP contribution in [-0.4, -0.2) is 28.9 Å². The molecule has 15 heavy (non-hydrogen) atoms. The summed E-state index contributed by atoms with van der Waals surface area (Å²) in [6.45, 7) is 1.78. The highest BCUT2D eigenvalue weighted by molar-refractivity contribution is 6.59. The monoisotopic (exact) mass is 226 g/mol. The van der Waals surface area contributed by atoms with Crippen molar-refractivity contribution in [2.45, 2.75) is 6.92 Å². The molecular weight excluding hydrogens is 214 g/mol. The van der Waals surface area contributed by atoms with E-state index in [0.717, 1.165) is 5.56 Å². The van der Waals surface area contributed by atoms with Gasteiger partial charge in [-0.1, -0.05) is 11.6 Å². The van der Waals surface area contributed by atoms with E-state index >= 15 is 0 Å². The molecule has 1 rings (SSSR count). The third-order valence-electron chi connectivity index (χ3n) is 1.95. The number of benzene rings is 1. The van der Waals surface area contributed by atoms with Gasteiger partial charge in [0.25, 0.3) is 0 Å². The lowest BCUT2D eigenvalue weighted by Gasteiger charge is -2.05. The van der Waals surface area contributed by atoms with Crippen LogP contribution in [0.3, 0.4) is 0 Å². The summed E-state index contributed by atoms with van der Waals surface area (Å²) >= 11 is 5.48. The molecule has 0 atom stereocenters. The van der Waals surface area contributed by atoms with Gasteiger partial charge >= 0.3 is 7.12 Å². The minimum atomic E-state index is -1.50. The number of aryl methyl sites for hydroxylation is 1. The van der Waals surface area contributed by atoms with Crippen molar-refractivity contribution in [3.05, 3.63) is 23.8 Å². The van der Waals surface area contributed by atoms with E-state index in [0.29, 0.717) is 17.0 Å². The Labute approximate surface area is 93.5 Å². The molecule has 4 N–H and O–H groups in total. The largest absolute Gasteiger partial charge is 0.488 e. The van der Waals surface area contributed by atoms with Crippen molar-refractivity contribution in [3.8, 4) is 0 Å². The summed E-state index contributed by atoms with van der Waals surface area (Å²) < 4.78 is 0. The normalized spacial score (nSPS) is 11.6. The van der Waals surface area contributed by atoms with E-state index in [1.165, 1.54) is 0 Å². The average Bonchev–Trinajstić information content (AvgIpc) is 2.20. The quantitative estimate of drug-likeness (QED) is 0.291. The Hall–Kier alpha value is -1.04. The maximum absolute atomic E-state index is 9.07. The van der Waals surface area contributed by atoms with Crippen molar-refractivity contribution in [3.63, 3.8) is 0 Å². The fraction of sp³-hybridized carbons (Fsp3) is 0.222. The molecule has 0 aliphatic heterocycles. The van der Waals surface area contributed by atoms with Gasteiger partial charge in [-0.3, -0.25) is 0 Å². The van der Waals surface area contributed by atoms with Crippen LogP contribution in [0.2, 0.25) is 0 Å². The third-order valence-corrected chi connectivity index (χ3v) is 2.22. The van der Waals surface area contributed by atoms with Crippen molar-refractivity contribution in [2.24, 2.45) is 10.7 Å². The molecule has 0 aromatic heterocycles. The Morgan fingerprint density at radius 3 is 2.73 bits per heavy atom. The van der Waals surface area contributed by atoms with Crippen molar-refractivity contribution in [1.82, 2.24) is 0 Å². The Morgan fingerprint density at radius 1 is 1.53 bits per heavy atom. The van der Waals surface area contributed by atoms with Gasteiger partial charge in [0.15, 0.2) is 0 Å². The second-order valence-corrected chi connectivity index (χ2v) is 3.42. The number of alkyl halides is 1. The fourth-order valence-corrected chi connectivity index (χ4v) is 1.23. The molecular formula is C9H12BClN2O2. The van der Waals surface area contributed by atoms with E-state index in [-0.39, 0.29) is 5.88 Å². The van der Waals surface area contributed by atoms with Crippen LogP contribution in [-0.2, 0) is 0 Å². The van der Waals surface area contributed by atoms with E-state index in [4.69, 9.17) is 27.4 Å². The lowest BCUT2D eigenvalue weighted by molar-refractivity contribution is 0.425. The van der Waals surface area contributed by atoms with Crippen LogP contribution in [0.25, 0.3) is 0 Å². The molecule has 0 aliphatic carbocycles. The summed E-state index contributed by atoms with van der Waals surface area (Å²) in [5.41, 5.74) is 7.22. The Morgan fingerprint density at radius 2 is 2.20 bits per heavy atom. The second kappa shape index (κ2) is 5.16. The average molecular weight is 226 g/mol. The number of hydrogen-bond donors (Lipinski definition) is 3. The maximum Gasteiger partial charge on any atom is 0.488 e. The zero-order valence-electron chi connectivity index (χ0n) is 8.31.